The highest BCUT2D eigenvalue weighted by molar-refractivity contribution is 7.11. The fourth-order valence-corrected chi connectivity index (χ4v) is 2.15. The number of rotatable bonds is 5. The number of carbonyl (C=O) groups excluding carboxylic acids is 1. The van der Waals surface area contributed by atoms with E-state index in [0.717, 1.165) is 11.3 Å². The van der Waals surface area contributed by atoms with E-state index in [1.165, 1.54) is 23.8 Å². The topological polar surface area (TPSA) is 99.5 Å². The third-order valence-electron chi connectivity index (χ3n) is 2.64. The van der Waals surface area contributed by atoms with Gasteiger partial charge in [-0.1, -0.05) is 12.1 Å². The molecule has 0 aliphatic rings. The van der Waals surface area contributed by atoms with Crippen LogP contribution in [0.1, 0.15) is 15.2 Å². The maximum atomic E-state index is 11.8. The summed E-state index contributed by atoms with van der Waals surface area (Å²) in [4.78, 5) is 27.2. The molecule has 6 nitrogen and oxygen atoms in total. The zero-order valence-electron chi connectivity index (χ0n) is 10.3. The highest BCUT2D eigenvalue weighted by atomic mass is 32.1. The van der Waals surface area contributed by atoms with Gasteiger partial charge in [0.05, 0.1) is 11.7 Å². The number of phenols is 1. The minimum Gasteiger partial charge on any atom is -0.508 e. The van der Waals surface area contributed by atoms with Crippen molar-refractivity contribution in [3.05, 3.63) is 46.4 Å². The summed E-state index contributed by atoms with van der Waals surface area (Å²) in [5.74, 6) is -1.47. The predicted molar refractivity (Wildman–Crippen MR) is 72.8 cm³/mol. The Hall–Kier alpha value is -2.41. The van der Waals surface area contributed by atoms with Crippen molar-refractivity contribution in [3.8, 4) is 5.75 Å². The van der Waals surface area contributed by atoms with Gasteiger partial charge in [0.2, 0.25) is 0 Å². The van der Waals surface area contributed by atoms with Gasteiger partial charge in [0.25, 0.3) is 5.91 Å². The van der Waals surface area contributed by atoms with Crippen LogP contribution in [0.2, 0.25) is 0 Å². The first-order chi connectivity index (χ1) is 9.56. The molecule has 0 aliphatic carbocycles. The number of hydrogen-bond donors (Lipinski definition) is 3. The molecule has 1 atom stereocenters. The molecule has 1 aromatic carbocycles. The van der Waals surface area contributed by atoms with Crippen molar-refractivity contribution in [1.29, 1.82) is 0 Å². The van der Waals surface area contributed by atoms with Crippen LogP contribution in [0.5, 0.6) is 5.75 Å². The molecule has 0 aliphatic heterocycles. The van der Waals surface area contributed by atoms with Gasteiger partial charge in [-0.3, -0.25) is 9.78 Å². The molecule has 0 spiro atoms. The number of carboxylic acids is 1. The third-order valence-corrected chi connectivity index (χ3v) is 3.41. The Morgan fingerprint density at radius 3 is 2.55 bits per heavy atom. The number of amides is 1. The van der Waals surface area contributed by atoms with Gasteiger partial charge < -0.3 is 15.5 Å². The summed E-state index contributed by atoms with van der Waals surface area (Å²) >= 11 is 1.14. The van der Waals surface area contributed by atoms with Crippen molar-refractivity contribution >= 4 is 23.2 Å². The van der Waals surface area contributed by atoms with Crippen LogP contribution in [0.4, 0.5) is 0 Å². The monoisotopic (exact) mass is 292 g/mol. The number of carboxylic acid groups (broad SMARTS) is 1. The number of benzene rings is 1. The molecule has 1 amide bonds. The minimum atomic E-state index is -1.11. The third kappa shape index (κ3) is 3.55. The summed E-state index contributed by atoms with van der Waals surface area (Å²) in [6.45, 7) is 0. The van der Waals surface area contributed by atoms with Crippen LogP contribution < -0.4 is 5.32 Å². The van der Waals surface area contributed by atoms with Crippen molar-refractivity contribution in [1.82, 2.24) is 10.3 Å². The maximum Gasteiger partial charge on any atom is 0.326 e. The van der Waals surface area contributed by atoms with Gasteiger partial charge in [-0.25, -0.2) is 4.79 Å². The van der Waals surface area contributed by atoms with Crippen molar-refractivity contribution in [3.63, 3.8) is 0 Å². The number of aromatic nitrogens is 1. The highest BCUT2D eigenvalue weighted by Crippen LogP contribution is 2.12. The van der Waals surface area contributed by atoms with Gasteiger partial charge in [-0.05, 0) is 17.7 Å². The van der Waals surface area contributed by atoms with E-state index < -0.39 is 17.9 Å². The number of phenolic OH excluding ortho intramolecular Hbond substituents is 1. The molecule has 20 heavy (non-hydrogen) atoms. The van der Waals surface area contributed by atoms with Crippen LogP contribution in [-0.2, 0) is 11.2 Å². The molecule has 104 valence electrons. The van der Waals surface area contributed by atoms with Crippen molar-refractivity contribution in [2.45, 2.75) is 12.5 Å². The normalized spacial score (nSPS) is 11.8. The Bertz CT molecular complexity index is 595. The Labute approximate surface area is 118 Å². The van der Waals surface area contributed by atoms with E-state index in [9.17, 15) is 14.7 Å². The quantitative estimate of drug-likeness (QED) is 0.770. The van der Waals surface area contributed by atoms with Gasteiger partial charge in [-0.2, -0.15) is 0 Å². The molecule has 0 saturated heterocycles. The molecule has 1 heterocycles. The van der Waals surface area contributed by atoms with Crippen LogP contribution in [0.15, 0.2) is 36.0 Å². The molecule has 1 aromatic heterocycles. The summed E-state index contributed by atoms with van der Waals surface area (Å²) in [5, 5.41) is 20.8. The Morgan fingerprint density at radius 2 is 2.00 bits per heavy atom. The van der Waals surface area contributed by atoms with E-state index in [1.54, 1.807) is 12.1 Å². The summed E-state index contributed by atoms with van der Waals surface area (Å²) < 4.78 is 0. The molecular formula is C13H12N2O4S. The van der Waals surface area contributed by atoms with Crippen LogP contribution in [-0.4, -0.2) is 33.1 Å². The van der Waals surface area contributed by atoms with E-state index in [2.05, 4.69) is 10.3 Å². The number of carbonyl (C=O) groups is 2. The van der Waals surface area contributed by atoms with Crippen LogP contribution >= 0.6 is 11.3 Å². The van der Waals surface area contributed by atoms with Gasteiger partial charge >= 0.3 is 5.97 Å². The molecule has 0 saturated carbocycles. The molecule has 7 heteroatoms. The van der Waals surface area contributed by atoms with Crippen molar-refractivity contribution < 1.29 is 19.8 Å². The summed E-state index contributed by atoms with van der Waals surface area (Å²) in [6, 6.07) is 5.14. The first-order valence-corrected chi connectivity index (χ1v) is 6.64. The van der Waals surface area contributed by atoms with Gasteiger partial charge in [0.1, 0.15) is 16.7 Å². The number of nitrogens with one attached hydrogen (secondary N) is 1. The zero-order chi connectivity index (χ0) is 14.5. The minimum absolute atomic E-state index is 0.106. The van der Waals surface area contributed by atoms with E-state index in [1.807, 2.05) is 0 Å². The lowest BCUT2D eigenvalue weighted by Crippen LogP contribution is -2.42. The molecule has 0 radical (unpaired) electrons. The maximum absolute atomic E-state index is 11.8. The van der Waals surface area contributed by atoms with Crippen LogP contribution in [0.3, 0.4) is 0 Å². The van der Waals surface area contributed by atoms with Gasteiger partial charge in [0, 0.05) is 6.42 Å². The van der Waals surface area contributed by atoms with E-state index in [0.29, 0.717) is 10.4 Å². The Balaban J connectivity index is 2.06. The molecule has 2 aromatic rings. The van der Waals surface area contributed by atoms with Crippen molar-refractivity contribution in [2.24, 2.45) is 0 Å². The molecule has 0 unspecified atom stereocenters. The van der Waals surface area contributed by atoms with E-state index >= 15 is 0 Å². The predicted octanol–water partition coefficient (Wildman–Crippen LogP) is 1.27. The second-order valence-electron chi connectivity index (χ2n) is 4.10. The Morgan fingerprint density at radius 1 is 1.30 bits per heavy atom. The SMILES string of the molecule is O=C(N[C@@H](Cc1ccc(O)cc1)C(=O)O)c1cncs1. The van der Waals surface area contributed by atoms with E-state index in [4.69, 9.17) is 5.11 Å². The lowest BCUT2D eigenvalue weighted by Gasteiger charge is -2.14. The lowest BCUT2D eigenvalue weighted by atomic mass is 10.1. The largest absolute Gasteiger partial charge is 0.508 e. The average molecular weight is 292 g/mol. The molecule has 0 fully saturated rings. The van der Waals surface area contributed by atoms with E-state index in [-0.39, 0.29) is 12.2 Å². The first-order valence-electron chi connectivity index (χ1n) is 5.76. The number of aliphatic carboxylic acids is 1. The summed E-state index contributed by atoms with van der Waals surface area (Å²) in [7, 11) is 0. The number of thiazole rings is 1. The van der Waals surface area contributed by atoms with Gasteiger partial charge in [-0.15, -0.1) is 11.3 Å². The lowest BCUT2D eigenvalue weighted by molar-refractivity contribution is -0.139. The number of aromatic hydroxyl groups is 1. The summed E-state index contributed by atoms with van der Waals surface area (Å²) in [5.41, 5.74) is 2.21. The zero-order valence-corrected chi connectivity index (χ0v) is 11.1. The average Bonchev–Trinajstić information content (AvgIpc) is 2.94. The summed E-state index contributed by atoms with van der Waals surface area (Å²) in [6.07, 6.45) is 1.53. The van der Waals surface area contributed by atoms with Crippen LogP contribution in [0, 0.1) is 0 Å². The fraction of sp³-hybridized carbons (Fsp3) is 0.154. The number of nitrogens with zero attached hydrogens (tertiary/aromatic N) is 1. The molecular weight excluding hydrogens is 280 g/mol. The molecule has 0 bridgehead atoms. The second kappa shape index (κ2) is 6.16. The fourth-order valence-electron chi connectivity index (χ4n) is 1.63. The van der Waals surface area contributed by atoms with Crippen LogP contribution in [0.25, 0.3) is 0 Å². The standard InChI is InChI=1S/C13H12N2O4S/c16-9-3-1-8(2-4-9)5-10(13(18)19)15-12(17)11-6-14-7-20-11/h1-4,6-7,10,16H,5H2,(H,15,17)(H,18,19)/t10-/m0/s1. The highest BCUT2D eigenvalue weighted by Gasteiger charge is 2.21. The second-order valence-corrected chi connectivity index (χ2v) is 4.99. The smallest absolute Gasteiger partial charge is 0.326 e. The molecule has 3 N–H and O–H groups in total. The Kier molecular flexibility index (Phi) is 4.31. The number of hydrogen-bond acceptors (Lipinski definition) is 5. The van der Waals surface area contributed by atoms with Crippen molar-refractivity contribution in [2.75, 3.05) is 0 Å². The van der Waals surface area contributed by atoms with Gasteiger partial charge in [0.15, 0.2) is 0 Å². The first kappa shape index (κ1) is 14.0. The molecule has 2 rings (SSSR count).